The number of methoxy groups -OCH3 is 2. The zero-order valence-corrected chi connectivity index (χ0v) is 30.1. The van der Waals surface area contributed by atoms with Crippen LogP contribution in [0, 0.1) is 17.5 Å². The number of esters is 1. The Morgan fingerprint density at radius 1 is 1.00 bits per heavy atom. The van der Waals surface area contributed by atoms with Gasteiger partial charge in [0.05, 0.1) is 51.8 Å². The number of Topliss-reactive ketones (excluding diaryl/α,β-unsaturated/α-hetero) is 1. The van der Waals surface area contributed by atoms with Gasteiger partial charge in [0.2, 0.25) is 5.78 Å². The largest absolute Gasteiger partial charge is 0.497 e. The third-order valence-electron chi connectivity index (χ3n) is 7.58. The van der Waals surface area contributed by atoms with Gasteiger partial charge in [0.1, 0.15) is 39.6 Å². The monoisotopic (exact) mass is 749 g/mol. The lowest BCUT2D eigenvalue weighted by molar-refractivity contribution is -0.138. The summed E-state index contributed by atoms with van der Waals surface area (Å²) < 4.78 is 72.3. The van der Waals surface area contributed by atoms with E-state index in [1.165, 1.54) is 32.1 Å². The van der Waals surface area contributed by atoms with E-state index >= 15 is 13.2 Å². The van der Waals surface area contributed by atoms with Gasteiger partial charge >= 0.3 is 12.1 Å². The molecule has 52 heavy (non-hydrogen) atoms. The van der Waals surface area contributed by atoms with Gasteiger partial charge in [-0.05, 0) is 58.0 Å². The fourth-order valence-electron chi connectivity index (χ4n) is 4.93. The van der Waals surface area contributed by atoms with E-state index in [-0.39, 0.29) is 43.2 Å². The van der Waals surface area contributed by atoms with Crippen LogP contribution in [0.4, 0.5) is 29.3 Å². The first kappa shape index (κ1) is 39.6. The summed E-state index contributed by atoms with van der Waals surface area (Å²) in [7, 11) is 2.98. The number of rotatable bonds is 14. The number of ether oxygens (including phenoxy) is 5. The molecule has 280 valence electrons. The van der Waals surface area contributed by atoms with Gasteiger partial charge in [-0.25, -0.2) is 22.8 Å². The Morgan fingerprint density at radius 2 is 1.71 bits per heavy atom. The topological polar surface area (TPSA) is 145 Å². The molecule has 3 aromatic rings. The van der Waals surface area contributed by atoms with Crippen LogP contribution in [0.5, 0.6) is 17.2 Å². The van der Waals surface area contributed by atoms with Crippen molar-refractivity contribution in [2.75, 3.05) is 44.5 Å². The van der Waals surface area contributed by atoms with Gasteiger partial charge in [0, 0.05) is 35.6 Å². The van der Waals surface area contributed by atoms with Crippen molar-refractivity contribution in [2.45, 2.75) is 52.6 Å². The summed E-state index contributed by atoms with van der Waals surface area (Å²) in [6, 6.07) is 7.94. The van der Waals surface area contributed by atoms with Gasteiger partial charge in [-0.15, -0.1) is 0 Å². The van der Waals surface area contributed by atoms with Crippen LogP contribution in [0.25, 0.3) is 0 Å². The Balaban J connectivity index is 1.57. The third-order valence-corrected chi connectivity index (χ3v) is 7.92. The van der Waals surface area contributed by atoms with Gasteiger partial charge in [-0.1, -0.05) is 11.6 Å². The van der Waals surface area contributed by atoms with Crippen molar-refractivity contribution >= 4 is 40.8 Å². The van der Waals surface area contributed by atoms with Crippen LogP contribution in [-0.4, -0.2) is 73.5 Å². The molecule has 0 atom stereocenters. The van der Waals surface area contributed by atoms with Crippen LogP contribution in [0.3, 0.4) is 0 Å². The average Bonchev–Trinajstić information content (AvgIpc) is 3.07. The molecule has 0 aromatic heterocycles. The van der Waals surface area contributed by atoms with Gasteiger partial charge in [-0.3, -0.25) is 4.79 Å². The van der Waals surface area contributed by atoms with Gasteiger partial charge in [0.25, 0.3) is 0 Å². The number of likely N-dealkylation sites (tertiary alicyclic amines) is 1. The Labute approximate surface area is 303 Å². The first-order valence-electron chi connectivity index (χ1n) is 16.0. The summed E-state index contributed by atoms with van der Waals surface area (Å²) in [5.74, 6) is -5.43. The molecule has 1 aliphatic heterocycles. The zero-order chi connectivity index (χ0) is 38.3. The van der Waals surface area contributed by atoms with Crippen LogP contribution in [0.15, 0.2) is 48.2 Å². The summed E-state index contributed by atoms with van der Waals surface area (Å²) in [6.45, 7) is 5.90. The molecule has 16 heteroatoms. The summed E-state index contributed by atoms with van der Waals surface area (Å²) >= 11 is 6.12. The summed E-state index contributed by atoms with van der Waals surface area (Å²) in [6.07, 6.45) is -0.474. The molecule has 0 saturated carbocycles. The molecule has 0 bridgehead atoms. The molecule has 1 amide bonds. The molecular formula is C36H39ClF3N3O9. The quantitative estimate of drug-likeness (QED) is 0.0409. The van der Waals surface area contributed by atoms with Crippen molar-refractivity contribution in [3.63, 3.8) is 0 Å². The number of nitrogens with zero attached hydrogens (tertiary/aromatic N) is 1. The maximum Gasteiger partial charge on any atom is 0.410 e. The lowest BCUT2D eigenvalue weighted by Crippen LogP contribution is -2.57. The van der Waals surface area contributed by atoms with Crippen LogP contribution >= 0.6 is 11.6 Å². The number of aliphatic hydroxyl groups excluding tert-OH is 1. The Hall–Kier alpha value is -5.15. The molecule has 0 aliphatic carbocycles. The normalized spacial score (nSPS) is 13.2. The lowest BCUT2D eigenvalue weighted by atomic mass is 10.0. The molecule has 1 heterocycles. The third kappa shape index (κ3) is 9.39. The first-order valence-corrected chi connectivity index (χ1v) is 16.4. The molecule has 0 spiro atoms. The number of anilines is 2. The Kier molecular flexibility index (Phi) is 12.9. The second-order valence-electron chi connectivity index (χ2n) is 12.4. The van der Waals surface area contributed by atoms with E-state index in [1.807, 2.05) is 0 Å². The van der Waals surface area contributed by atoms with E-state index in [1.54, 1.807) is 39.0 Å². The minimum absolute atomic E-state index is 0.0144. The number of nitrogens with one attached hydrogen (secondary N) is 2. The average molecular weight is 750 g/mol. The molecule has 1 saturated heterocycles. The molecule has 4 rings (SSSR count). The summed E-state index contributed by atoms with van der Waals surface area (Å²) in [5, 5.41) is 14.7. The number of ketones is 1. The van der Waals surface area contributed by atoms with Crippen molar-refractivity contribution in [1.82, 2.24) is 4.90 Å². The highest BCUT2D eigenvalue weighted by atomic mass is 35.5. The molecule has 12 nitrogen and oxygen atoms in total. The molecule has 1 fully saturated rings. The van der Waals surface area contributed by atoms with Crippen molar-refractivity contribution < 1.29 is 56.3 Å². The smallest absolute Gasteiger partial charge is 0.410 e. The Morgan fingerprint density at radius 3 is 2.33 bits per heavy atom. The van der Waals surface area contributed by atoms with Crippen molar-refractivity contribution in [1.29, 1.82) is 0 Å². The second-order valence-corrected chi connectivity index (χ2v) is 12.8. The molecule has 0 radical (unpaired) electrons. The minimum Gasteiger partial charge on any atom is -0.497 e. The molecule has 1 aliphatic rings. The van der Waals surface area contributed by atoms with Gasteiger partial charge in [-0.2, -0.15) is 0 Å². The maximum atomic E-state index is 15.6. The van der Waals surface area contributed by atoms with E-state index in [4.69, 9.17) is 35.3 Å². The molecule has 0 unspecified atom stereocenters. The fraction of sp³-hybridized carbons (Fsp3) is 0.361. The number of carbonyl (C=O) groups excluding carboxylic acids is 3. The Bertz CT molecular complexity index is 1860. The summed E-state index contributed by atoms with van der Waals surface area (Å²) in [5.41, 5.74) is -1.65. The highest BCUT2D eigenvalue weighted by molar-refractivity contribution is 6.33. The molecular weight excluding hydrogens is 711 g/mol. The zero-order valence-electron chi connectivity index (χ0n) is 29.3. The highest BCUT2D eigenvalue weighted by Gasteiger charge is 2.37. The predicted molar refractivity (Wildman–Crippen MR) is 185 cm³/mol. The SMILES string of the molecule is CCOC(=O)C(=CNc1cc(NCc2ccc(OC)cc2OC)c(F)cc1CO)C(=O)c1cc(F)c(OC2CN(C(=O)OC(C)(C)C)C2)c(Cl)c1F. The number of halogens is 4. The van der Waals surface area contributed by atoms with E-state index in [0.717, 1.165) is 12.3 Å². The first-order chi connectivity index (χ1) is 24.6. The standard InChI is InChI=1S/C36H39ClF3N3O9/c1-7-50-34(46)24(15-42-27-13-28(25(38)10-20(27)18-44)41-14-19-8-9-21(48-5)11-29(19)49-6)32(45)23-12-26(39)33(30(37)31(23)40)51-22-16-43(17-22)35(47)52-36(2,3)4/h8-13,15,22,41-42,44H,7,14,16-18H2,1-6H3. The summed E-state index contributed by atoms with van der Waals surface area (Å²) in [4.78, 5) is 40.0. The van der Waals surface area contributed by atoms with Gasteiger partial charge < -0.3 is 44.3 Å². The number of carbonyl (C=O) groups is 3. The van der Waals surface area contributed by atoms with Crippen molar-refractivity contribution in [3.05, 3.63) is 87.3 Å². The van der Waals surface area contributed by atoms with E-state index in [0.29, 0.717) is 23.1 Å². The van der Waals surface area contributed by atoms with Crippen molar-refractivity contribution in [3.8, 4) is 17.2 Å². The van der Waals surface area contributed by atoms with E-state index < -0.39 is 75.5 Å². The fourth-order valence-corrected chi connectivity index (χ4v) is 5.17. The number of hydrogen-bond donors (Lipinski definition) is 3. The lowest BCUT2D eigenvalue weighted by Gasteiger charge is -2.39. The number of hydrogen-bond acceptors (Lipinski definition) is 11. The predicted octanol–water partition coefficient (Wildman–Crippen LogP) is 6.62. The maximum absolute atomic E-state index is 15.6. The van der Waals surface area contributed by atoms with Crippen LogP contribution in [-0.2, 0) is 27.4 Å². The van der Waals surface area contributed by atoms with E-state index in [2.05, 4.69) is 10.6 Å². The van der Waals surface area contributed by atoms with Gasteiger partial charge in [0.15, 0.2) is 17.4 Å². The van der Waals surface area contributed by atoms with E-state index in [9.17, 15) is 19.5 Å². The van der Waals surface area contributed by atoms with Crippen molar-refractivity contribution in [2.24, 2.45) is 0 Å². The minimum atomic E-state index is -1.38. The number of benzene rings is 3. The highest BCUT2D eigenvalue weighted by Crippen LogP contribution is 2.36. The molecule has 3 N–H and O–H groups in total. The van der Waals surface area contributed by atoms with Crippen LogP contribution in [0.1, 0.15) is 49.2 Å². The molecule has 3 aromatic carbocycles. The number of amides is 1. The van der Waals surface area contributed by atoms with Crippen LogP contribution < -0.4 is 24.8 Å². The number of aliphatic hydroxyl groups is 1. The second kappa shape index (κ2) is 16.9. The van der Waals surface area contributed by atoms with Crippen LogP contribution in [0.2, 0.25) is 5.02 Å².